The predicted molar refractivity (Wildman–Crippen MR) is 65.5 cm³/mol. The average Bonchev–Trinajstić information content (AvgIpc) is 2.39. The maximum absolute atomic E-state index is 11.2. The van der Waals surface area contributed by atoms with Crippen molar-refractivity contribution in [2.45, 2.75) is 13.0 Å². The summed E-state index contributed by atoms with van der Waals surface area (Å²) in [7, 11) is 1.37. The lowest BCUT2D eigenvalue weighted by molar-refractivity contribution is -0.144. The summed E-state index contributed by atoms with van der Waals surface area (Å²) >= 11 is 0. The largest absolute Gasteiger partial charge is 0.469 e. The van der Waals surface area contributed by atoms with E-state index in [4.69, 9.17) is 0 Å². The van der Waals surface area contributed by atoms with Gasteiger partial charge in [0.2, 0.25) is 0 Å². The molecule has 0 aromatic heterocycles. The van der Waals surface area contributed by atoms with Crippen molar-refractivity contribution in [3.8, 4) is 0 Å². The van der Waals surface area contributed by atoms with Crippen LogP contribution in [0.1, 0.15) is 18.5 Å². The quantitative estimate of drug-likeness (QED) is 0.728. The second-order valence-electron chi connectivity index (χ2n) is 3.98. The molecule has 0 fully saturated rings. The van der Waals surface area contributed by atoms with Gasteiger partial charge in [-0.3, -0.25) is 4.79 Å². The van der Waals surface area contributed by atoms with Crippen LogP contribution in [0, 0.1) is 5.92 Å². The first kappa shape index (κ1) is 13.7. The molecule has 2 N–H and O–H groups in total. The molecule has 4 nitrogen and oxygen atoms in total. The van der Waals surface area contributed by atoms with Gasteiger partial charge in [-0.15, -0.1) is 0 Å². The number of esters is 1. The second kappa shape index (κ2) is 7.04. The molecule has 0 aliphatic heterocycles. The Labute approximate surface area is 102 Å². The Morgan fingerprint density at radius 3 is 2.59 bits per heavy atom. The van der Waals surface area contributed by atoms with Gasteiger partial charge in [0.15, 0.2) is 0 Å². The monoisotopic (exact) mass is 237 g/mol. The van der Waals surface area contributed by atoms with Crippen molar-refractivity contribution >= 4 is 5.97 Å². The van der Waals surface area contributed by atoms with Crippen LogP contribution in [0.2, 0.25) is 0 Å². The van der Waals surface area contributed by atoms with Crippen molar-refractivity contribution in [3.63, 3.8) is 0 Å². The zero-order valence-electron chi connectivity index (χ0n) is 10.2. The van der Waals surface area contributed by atoms with Gasteiger partial charge in [-0.1, -0.05) is 37.3 Å². The normalized spacial score (nSPS) is 14.1. The topological polar surface area (TPSA) is 58.6 Å². The van der Waals surface area contributed by atoms with Gasteiger partial charge in [0.05, 0.1) is 25.7 Å². The number of carbonyl (C=O) groups excluding carboxylic acids is 1. The lowest BCUT2D eigenvalue weighted by Gasteiger charge is -2.18. The molecule has 1 rings (SSSR count). The summed E-state index contributed by atoms with van der Waals surface area (Å²) in [5.41, 5.74) is 1.01. The molecule has 4 heteroatoms. The third-order valence-corrected chi connectivity index (χ3v) is 2.66. The van der Waals surface area contributed by atoms with Gasteiger partial charge in [-0.25, -0.2) is 0 Å². The van der Waals surface area contributed by atoms with E-state index in [0.717, 1.165) is 5.56 Å². The zero-order chi connectivity index (χ0) is 12.7. The molecule has 17 heavy (non-hydrogen) atoms. The molecule has 1 aromatic rings. The first-order valence-electron chi connectivity index (χ1n) is 5.66. The summed E-state index contributed by atoms with van der Waals surface area (Å²) in [4.78, 5) is 11.2. The molecule has 1 aromatic carbocycles. The van der Waals surface area contributed by atoms with Crippen molar-refractivity contribution in [2.24, 2.45) is 5.92 Å². The summed E-state index contributed by atoms with van der Waals surface area (Å²) in [5, 5.41) is 12.5. The van der Waals surface area contributed by atoms with Crippen molar-refractivity contribution < 1.29 is 14.6 Å². The lowest BCUT2D eigenvalue weighted by atomic mass is 10.1. The predicted octanol–water partition coefficient (Wildman–Crippen LogP) is 1.12. The minimum Gasteiger partial charge on any atom is -0.469 e. The Balaban J connectivity index is 2.51. The molecule has 2 unspecified atom stereocenters. The molecule has 0 bridgehead atoms. The molecule has 2 atom stereocenters. The van der Waals surface area contributed by atoms with Crippen molar-refractivity contribution in [3.05, 3.63) is 35.9 Å². The van der Waals surface area contributed by atoms with E-state index in [-0.39, 0.29) is 24.5 Å². The van der Waals surface area contributed by atoms with Crippen molar-refractivity contribution in [1.29, 1.82) is 0 Å². The SMILES string of the molecule is COC(=O)C(C)CNC(CO)c1ccccc1. The van der Waals surface area contributed by atoms with Crippen LogP contribution in [0.15, 0.2) is 30.3 Å². The van der Waals surface area contributed by atoms with E-state index in [1.165, 1.54) is 7.11 Å². The maximum atomic E-state index is 11.2. The highest BCUT2D eigenvalue weighted by atomic mass is 16.5. The van der Waals surface area contributed by atoms with Crippen LogP contribution in [0.4, 0.5) is 0 Å². The average molecular weight is 237 g/mol. The third kappa shape index (κ3) is 4.17. The van der Waals surface area contributed by atoms with Crippen LogP contribution in [-0.2, 0) is 9.53 Å². The van der Waals surface area contributed by atoms with Gasteiger partial charge in [-0.05, 0) is 5.56 Å². The fourth-order valence-electron chi connectivity index (χ4n) is 1.58. The van der Waals surface area contributed by atoms with Gasteiger partial charge >= 0.3 is 5.97 Å². The fourth-order valence-corrected chi connectivity index (χ4v) is 1.58. The summed E-state index contributed by atoms with van der Waals surface area (Å²) in [6, 6.07) is 9.50. The van der Waals surface area contributed by atoms with Gasteiger partial charge in [0, 0.05) is 6.54 Å². The van der Waals surface area contributed by atoms with E-state index in [1.54, 1.807) is 6.92 Å². The zero-order valence-corrected chi connectivity index (χ0v) is 10.2. The van der Waals surface area contributed by atoms with E-state index >= 15 is 0 Å². The van der Waals surface area contributed by atoms with Crippen molar-refractivity contribution in [2.75, 3.05) is 20.3 Å². The summed E-state index contributed by atoms with van der Waals surface area (Å²) in [5.74, 6) is -0.472. The summed E-state index contributed by atoms with van der Waals surface area (Å²) in [6.45, 7) is 2.27. The molecule has 0 aliphatic rings. The highest BCUT2D eigenvalue weighted by molar-refractivity contribution is 5.72. The minimum absolute atomic E-state index is 0.00208. The van der Waals surface area contributed by atoms with Gasteiger partial charge in [0.25, 0.3) is 0 Å². The number of aliphatic hydroxyl groups is 1. The lowest BCUT2D eigenvalue weighted by Crippen LogP contribution is -2.32. The van der Waals surface area contributed by atoms with Crippen LogP contribution in [-0.4, -0.2) is 31.3 Å². The number of benzene rings is 1. The number of hydrogen-bond acceptors (Lipinski definition) is 4. The number of ether oxygens (including phenoxy) is 1. The number of aliphatic hydroxyl groups excluding tert-OH is 1. The third-order valence-electron chi connectivity index (χ3n) is 2.66. The molecule has 0 aliphatic carbocycles. The highest BCUT2D eigenvalue weighted by Crippen LogP contribution is 2.12. The minimum atomic E-state index is -0.248. The number of carbonyl (C=O) groups is 1. The molecule has 0 heterocycles. The Morgan fingerprint density at radius 2 is 2.06 bits per heavy atom. The van der Waals surface area contributed by atoms with Gasteiger partial charge in [0.1, 0.15) is 0 Å². The van der Waals surface area contributed by atoms with Crippen LogP contribution in [0.3, 0.4) is 0 Å². The number of nitrogens with one attached hydrogen (secondary N) is 1. The maximum Gasteiger partial charge on any atom is 0.309 e. The molecule has 0 saturated heterocycles. The molecule has 94 valence electrons. The van der Waals surface area contributed by atoms with Crippen LogP contribution < -0.4 is 5.32 Å². The Kier molecular flexibility index (Phi) is 5.66. The van der Waals surface area contributed by atoms with Crippen LogP contribution in [0.5, 0.6) is 0 Å². The first-order valence-corrected chi connectivity index (χ1v) is 5.66. The fraction of sp³-hybridized carbons (Fsp3) is 0.462. The van der Waals surface area contributed by atoms with Crippen LogP contribution >= 0.6 is 0 Å². The van der Waals surface area contributed by atoms with Gasteiger partial charge in [-0.2, -0.15) is 0 Å². The van der Waals surface area contributed by atoms with Crippen LogP contribution in [0.25, 0.3) is 0 Å². The molecule has 0 spiro atoms. The van der Waals surface area contributed by atoms with E-state index < -0.39 is 0 Å². The Morgan fingerprint density at radius 1 is 1.41 bits per heavy atom. The molecular formula is C13H19NO3. The molecule has 0 radical (unpaired) electrons. The number of rotatable bonds is 6. The summed E-state index contributed by atoms with van der Waals surface area (Å²) < 4.78 is 4.64. The van der Waals surface area contributed by atoms with Gasteiger partial charge < -0.3 is 15.2 Å². The standard InChI is InChI=1S/C13H19NO3/c1-10(13(16)17-2)8-14-12(9-15)11-6-4-3-5-7-11/h3-7,10,12,14-15H,8-9H2,1-2H3. The van der Waals surface area contributed by atoms with Crippen molar-refractivity contribution in [1.82, 2.24) is 5.32 Å². The van der Waals surface area contributed by atoms with E-state index in [0.29, 0.717) is 6.54 Å². The molecule has 0 amide bonds. The number of hydrogen-bond donors (Lipinski definition) is 2. The molecule has 0 saturated carbocycles. The molecular weight excluding hydrogens is 218 g/mol. The Hall–Kier alpha value is -1.39. The Bertz CT molecular complexity index is 340. The second-order valence-corrected chi connectivity index (χ2v) is 3.98. The van der Waals surface area contributed by atoms with E-state index in [9.17, 15) is 9.90 Å². The number of methoxy groups -OCH3 is 1. The highest BCUT2D eigenvalue weighted by Gasteiger charge is 2.16. The smallest absolute Gasteiger partial charge is 0.309 e. The summed E-state index contributed by atoms with van der Waals surface area (Å²) in [6.07, 6.45) is 0. The first-order chi connectivity index (χ1) is 8.19. The van der Waals surface area contributed by atoms with E-state index in [1.807, 2.05) is 30.3 Å². The van der Waals surface area contributed by atoms with E-state index in [2.05, 4.69) is 10.1 Å².